The maximum atomic E-state index is 13.2. The van der Waals surface area contributed by atoms with Gasteiger partial charge in [-0.2, -0.15) is 0 Å². The first-order valence-electron chi connectivity index (χ1n) is 9.53. The normalized spacial score (nSPS) is 19.0. The predicted octanol–water partition coefficient (Wildman–Crippen LogP) is 7.04. The Morgan fingerprint density at radius 1 is 0.724 bits per heavy atom. The zero-order valence-electron chi connectivity index (χ0n) is 16.4. The number of ketones is 1. The van der Waals surface area contributed by atoms with Crippen LogP contribution in [-0.2, 0) is 0 Å². The molecule has 0 atom stereocenters. The molecule has 0 aromatic heterocycles. The van der Waals surface area contributed by atoms with Crippen LogP contribution in [0.2, 0.25) is 0 Å². The molecule has 0 saturated carbocycles. The van der Waals surface area contributed by atoms with Crippen LogP contribution in [0, 0.1) is 20.8 Å². The molecule has 0 fully saturated rings. The largest absolute Gasteiger partial charge is 0.288 e. The number of fused-ring (bicyclic) bond motifs is 2. The van der Waals surface area contributed by atoms with Gasteiger partial charge in [-0.1, -0.05) is 71.6 Å². The summed E-state index contributed by atoms with van der Waals surface area (Å²) in [5.41, 5.74) is 7.34. The number of hydrogen-bond donors (Lipinski definition) is 0. The average molecular weight is 414 g/mol. The van der Waals surface area contributed by atoms with E-state index in [0.29, 0.717) is 0 Å². The summed E-state index contributed by atoms with van der Waals surface area (Å²) in [6.07, 6.45) is 0. The Bertz CT molecular complexity index is 1230. The summed E-state index contributed by atoms with van der Waals surface area (Å²) in [6.45, 7) is 6.31. The molecular weight excluding hydrogens is 394 g/mol. The van der Waals surface area contributed by atoms with Crippen LogP contribution in [0.1, 0.15) is 32.6 Å². The van der Waals surface area contributed by atoms with E-state index in [-0.39, 0.29) is 5.78 Å². The lowest BCUT2D eigenvalue weighted by atomic mass is 10.0. The Kier molecular flexibility index (Phi) is 4.49. The van der Waals surface area contributed by atoms with Crippen molar-refractivity contribution in [1.82, 2.24) is 0 Å². The van der Waals surface area contributed by atoms with Gasteiger partial charge in [-0.25, -0.2) is 4.99 Å². The SMILES string of the molecule is Cc1cc(C)c(N=C2/C(=C3\Sc4ccccc4C3=O)Sc3ccccc32)c(C)c1. The van der Waals surface area contributed by atoms with E-state index in [9.17, 15) is 4.79 Å². The zero-order chi connectivity index (χ0) is 20.1. The van der Waals surface area contributed by atoms with E-state index >= 15 is 0 Å². The quantitative estimate of drug-likeness (QED) is 0.401. The number of rotatable bonds is 1. The van der Waals surface area contributed by atoms with Crippen molar-refractivity contribution in [3.63, 3.8) is 0 Å². The minimum absolute atomic E-state index is 0.103. The number of hydrogen-bond acceptors (Lipinski definition) is 4. The molecule has 0 bridgehead atoms. The molecule has 3 aromatic rings. The Labute approximate surface area is 179 Å². The molecule has 0 aliphatic carbocycles. The average Bonchev–Trinajstić information content (AvgIpc) is 3.22. The summed E-state index contributed by atoms with van der Waals surface area (Å²) in [5.74, 6) is 0.103. The molecule has 0 unspecified atom stereocenters. The summed E-state index contributed by atoms with van der Waals surface area (Å²) >= 11 is 3.22. The number of benzene rings is 3. The molecule has 2 aliphatic rings. The van der Waals surface area contributed by atoms with Crippen molar-refractivity contribution in [3.05, 3.63) is 98.3 Å². The first kappa shape index (κ1) is 18.5. The third-order valence-corrected chi connectivity index (χ3v) is 7.66. The topological polar surface area (TPSA) is 29.4 Å². The molecular formula is C25H19NOS2. The van der Waals surface area contributed by atoms with Crippen LogP contribution in [0.15, 0.2) is 85.3 Å². The van der Waals surface area contributed by atoms with Crippen LogP contribution in [0.25, 0.3) is 0 Å². The number of thioether (sulfide) groups is 2. The first-order valence-corrected chi connectivity index (χ1v) is 11.2. The number of Topliss-reactive ketones (excluding diaryl/α,β-unsaturated/α-hetero) is 1. The minimum atomic E-state index is 0.103. The number of allylic oxidation sites excluding steroid dienone is 2. The lowest BCUT2D eigenvalue weighted by Gasteiger charge is -2.10. The van der Waals surface area contributed by atoms with E-state index in [1.54, 1.807) is 23.5 Å². The van der Waals surface area contributed by atoms with Crippen molar-refractivity contribution in [2.75, 3.05) is 0 Å². The third kappa shape index (κ3) is 3.07. The highest BCUT2D eigenvalue weighted by Gasteiger charge is 2.34. The fourth-order valence-electron chi connectivity index (χ4n) is 3.93. The van der Waals surface area contributed by atoms with Crippen LogP contribution < -0.4 is 0 Å². The molecule has 0 N–H and O–H groups in total. The second kappa shape index (κ2) is 7.05. The van der Waals surface area contributed by atoms with Gasteiger partial charge in [-0.3, -0.25) is 4.79 Å². The monoisotopic (exact) mass is 413 g/mol. The van der Waals surface area contributed by atoms with Gasteiger partial charge in [0, 0.05) is 20.9 Å². The summed E-state index contributed by atoms with van der Waals surface area (Å²) in [6, 6.07) is 20.5. The summed E-state index contributed by atoms with van der Waals surface area (Å²) < 4.78 is 0. The molecule has 0 radical (unpaired) electrons. The number of aliphatic imine (C=N–C) groups is 1. The highest BCUT2D eigenvalue weighted by atomic mass is 32.2. The van der Waals surface area contributed by atoms with Crippen molar-refractivity contribution in [1.29, 1.82) is 0 Å². The van der Waals surface area contributed by atoms with Crippen LogP contribution in [-0.4, -0.2) is 11.5 Å². The van der Waals surface area contributed by atoms with E-state index in [2.05, 4.69) is 45.0 Å². The van der Waals surface area contributed by atoms with Crippen molar-refractivity contribution in [2.45, 2.75) is 30.6 Å². The van der Waals surface area contributed by atoms with Crippen molar-refractivity contribution < 1.29 is 4.79 Å². The molecule has 5 rings (SSSR count). The predicted molar refractivity (Wildman–Crippen MR) is 123 cm³/mol. The lowest BCUT2D eigenvalue weighted by molar-refractivity contribution is 0.104. The summed E-state index contributed by atoms with van der Waals surface area (Å²) in [5, 5.41) is 0. The summed E-state index contributed by atoms with van der Waals surface area (Å²) in [4.78, 5) is 22.2. The number of carbonyl (C=O) groups excluding carboxylic acids is 1. The number of aryl methyl sites for hydroxylation is 3. The molecule has 0 saturated heterocycles. The number of nitrogens with zero attached hydrogens (tertiary/aromatic N) is 1. The maximum absolute atomic E-state index is 13.2. The van der Waals surface area contributed by atoms with Gasteiger partial charge < -0.3 is 0 Å². The molecule has 3 aromatic carbocycles. The Morgan fingerprint density at radius 2 is 1.28 bits per heavy atom. The van der Waals surface area contributed by atoms with E-state index in [1.165, 1.54) is 5.56 Å². The van der Waals surface area contributed by atoms with Crippen LogP contribution in [0.5, 0.6) is 0 Å². The zero-order valence-corrected chi connectivity index (χ0v) is 18.1. The summed E-state index contributed by atoms with van der Waals surface area (Å²) in [7, 11) is 0. The molecule has 0 spiro atoms. The maximum Gasteiger partial charge on any atom is 0.202 e. The van der Waals surface area contributed by atoms with Gasteiger partial charge in [-0.15, -0.1) is 0 Å². The fourth-order valence-corrected chi connectivity index (χ4v) is 6.29. The van der Waals surface area contributed by atoms with Crippen LogP contribution in [0.4, 0.5) is 5.69 Å². The number of carbonyl (C=O) groups is 1. The second-order valence-corrected chi connectivity index (χ2v) is 9.50. The highest BCUT2D eigenvalue weighted by Crippen LogP contribution is 2.50. The Balaban J connectivity index is 1.73. The molecule has 0 amide bonds. The second-order valence-electron chi connectivity index (χ2n) is 7.39. The minimum Gasteiger partial charge on any atom is -0.288 e. The van der Waals surface area contributed by atoms with Crippen LogP contribution >= 0.6 is 23.5 Å². The van der Waals surface area contributed by atoms with Gasteiger partial charge in [0.1, 0.15) is 0 Å². The Hall–Kier alpha value is -2.56. The van der Waals surface area contributed by atoms with Crippen molar-refractivity contribution in [3.8, 4) is 0 Å². The van der Waals surface area contributed by atoms with E-state index in [0.717, 1.165) is 53.3 Å². The van der Waals surface area contributed by atoms with Crippen molar-refractivity contribution in [2.24, 2.45) is 4.99 Å². The van der Waals surface area contributed by atoms with E-state index < -0.39 is 0 Å². The van der Waals surface area contributed by atoms with E-state index in [1.807, 2.05) is 36.4 Å². The molecule has 2 heterocycles. The van der Waals surface area contributed by atoms with E-state index in [4.69, 9.17) is 4.99 Å². The lowest BCUT2D eigenvalue weighted by Crippen LogP contribution is -2.03. The Morgan fingerprint density at radius 3 is 1.93 bits per heavy atom. The smallest absolute Gasteiger partial charge is 0.202 e. The van der Waals surface area contributed by atoms with Crippen molar-refractivity contribution >= 4 is 40.7 Å². The molecule has 2 nitrogen and oxygen atoms in total. The van der Waals surface area contributed by atoms with Gasteiger partial charge in [0.05, 0.1) is 21.2 Å². The fraction of sp³-hybridized carbons (Fsp3) is 0.120. The first-order chi connectivity index (χ1) is 14.0. The van der Waals surface area contributed by atoms with Gasteiger partial charge >= 0.3 is 0 Å². The standard InChI is InChI=1S/C25H19NOS2/c1-14-12-15(2)21(16(3)13-14)26-22-17-8-4-6-10-19(17)28-24(22)25-23(27)18-9-5-7-11-20(18)29-25/h4-13H,1-3H3/b25-24+,26-22?. The van der Waals surface area contributed by atoms with Gasteiger partial charge in [0.2, 0.25) is 5.78 Å². The molecule has 2 aliphatic heterocycles. The van der Waals surface area contributed by atoms with Gasteiger partial charge in [0.15, 0.2) is 0 Å². The molecule has 29 heavy (non-hydrogen) atoms. The molecule has 4 heteroatoms. The van der Waals surface area contributed by atoms with Crippen LogP contribution in [0.3, 0.4) is 0 Å². The highest BCUT2D eigenvalue weighted by molar-refractivity contribution is 8.08. The molecule has 142 valence electrons. The van der Waals surface area contributed by atoms with Gasteiger partial charge in [-0.05, 0) is 50.1 Å². The van der Waals surface area contributed by atoms with Gasteiger partial charge in [0.25, 0.3) is 0 Å². The third-order valence-electron chi connectivity index (χ3n) is 5.18.